The highest BCUT2D eigenvalue weighted by Gasteiger charge is 2.03. The van der Waals surface area contributed by atoms with Crippen molar-refractivity contribution >= 4 is 44.8 Å². The molecule has 0 atom stereocenters. The number of halogens is 2. The number of benzene rings is 1. The van der Waals surface area contributed by atoms with Crippen molar-refractivity contribution in [3.05, 3.63) is 55.6 Å². The molecular weight excluding hydrogens is 358 g/mol. The molecular formula is C15H15BrClNOS. The molecule has 0 saturated carbocycles. The molecule has 1 aromatic carbocycles. The minimum absolute atomic E-state index is 0.0839. The van der Waals surface area contributed by atoms with Crippen LogP contribution in [0.4, 0.5) is 0 Å². The van der Waals surface area contributed by atoms with E-state index in [1.54, 1.807) is 11.3 Å². The van der Waals surface area contributed by atoms with Gasteiger partial charge in [0, 0.05) is 22.9 Å². The van der Waals surface area contributed by atoms with Crippen LogP contribution in [0.15, 0.2) is 40.2 Å². The van der Waals surface area contributed by atoms with E-state index in [1.807, 2.05) is 30.3 Å². The van der Waals surface area contributed by atoms with Gasteiger partial charge in [-0.1, -0.05) is 23.7 Å². The zero-order valence-electron chi connectivity index (χ0n) is 10.9. The van der Waals surface area contributed by atoms with Crippen LogP contribution < -0.4 is 5.32 Å². The van der Waals surface area contributed by atoms with Gasteiger partial charge in [0.05, 0.1) is 3.79 Å². The molecule has 0 aliphatic carbocycles. The second-order valence-electron chi connectivity index (χ2n) is 4.47. The maximum Gasteiger partial charge on any atom is 0.220 e. The number of carbonyl (C=O) groups is 1. The van der Waals surface area contributed by atoms with Gasteiger partial charge in [-0.25, -0.2) is 0 Å². The van der Waals surface area contributed by atoms with Gasteiger partial charge < -0.3 is 5.32 Å². The molecule has 106 valence electrons. The van der Waals surface area contributed by atoms with Crippen LogP contribution in [0.5, 0.6) is 0 Å². The van der Waals surface area contributed by atoms with Gasteiger partial charge in [-0.05, 0) is 58.6 Å². The minimum atomic E-state index is 0.0839. The smallest absolute Gasteiger partial charge is 0.220 e. The quantitative estimate of drug-likeness (QED) is 0.775. The summed E-state index contributed by atoms with van der Waals surface area (Å²) in [5.41, 5.74) is 1.02. The average molecular weight is 373 g/mol. The highest BCUT2D eigenvalue weighted by Crippen LogP contribution is 2.23. The van der Waals surface area contributed by atoms with Crippen LogP contribution in [0.3, 0.4) is 0 Å². The summed E-state index contributed by atoms with van der Waals surface area (Å²) in [6, 6.07) is 11.7. The molecule has 0 spiro atoms. The van der Waals surface area contributed by atoms with Gasteiger partial charge in [0.25, 0.3) is 0 Å². The number of rotatable bonds is 6. The molecule has 1 aromatic heterocycles. The standard InChI is InChI=1S/C15H15BrClNOS/c16-14-8-7-13(20-14)5-2-6-15(19)18-10-11-3-1-4-12(17)9-11/h1,3-4,7-9H,2,5-6,10H2,(H,18,19). The summed E-state index contributed by atoms with van der Waals surface area (Å²) in [5, 5.41) is 3.61. The number of aryl methyl sites for hydroxylation is 1. The van der Waals surface area contributed by atoms with E-state index < -0.39 is 0 Å². The van der Waals surface area contributed by atoms with Gasteiger partial charge in [0.2, 0.25) is 5.91 Å². The Morgan fingerprint density at radius 3 is 2.85 bits per heavy atom. The van der Waals surface area contributed by atoms with Crippen LogP contribution in [-0.4, -0.2) is 5.91 Å². The van der Waals surface area contributed by atoms with Crippen LogP contribution in [-0.2, 0) is 17.8 Å². The molecule has 0 fully saturated rings. The maximum absolute atomic E-state index is 11.7. The Hall–Kier alpha value is -0.840. The molecule has 1 heterocycles. The molecule has 0 saturated heterocycles. The molecule has 0 bridgehead atoms. The van der Waals surface area contributed by atoms with Crippen molar-refractivity contribution in [3.8, 4) is 0 Å². The lowest BCUT2D eigenvalue weighted by Crippen LogP contribution is -2.22. The fourth-order valence-electron chi connectivity index (χ4n) is 1.85. The lowest BCUT2D eigenvalue weighted by atomic mass is 10.2. The first-order valence-corrected chi connectivity index (χ1v) is 8.37. The first-order chi connectivity index (χ1) is 9.63. The summed E-state index contributed by atoms with van der Waals surface area (Å²) >= 11 is 11.1. The topological polar surface area (TPSA) is 29.1 Å². The zero-order valence-corrected chi connectivity index (χ0v) is 14.0. The zero-order chi connectivity index (χ0) is 14.4. The number of thiophene rings is 1. The number of carbonyl (C=O) groups excluding carboxylic acids is 1. The first-order valence-electron chi connectivity index (χ1n) is 6.39. The van der Waals surface area contributed by atoms with E-state index >= 15 is 0 Å². The lowest BCUT2D eigenvalue weighted by Gasteiger charge is -2.05. The molecule has 1 amide bonds. The Morgan fingerprint density at radius 1 is 1.30 bits per heavy atom. The minimum Gasteiger partial charge on any atom is -0.352 e. The van der Waals surface area contributed by atoms with E-state index in [2.05, 4.69) is 27.3 Å². The van der Waals surface area contributed by atoms with Crippen molar-refractivity contribution < 1.29 is 4.79 Å². The molecule has 0 aliphatic rings. The Bertz CT molecular complexity index is 585. The van der Waals surface area contributed by atoms with E-state index in [0.29, 0.717) is 18.0 Å². The highest BCUT2D eigenvalue weighted by atomic mass is 79.9. The molecule has 0 aliphatic heterocycles. The first kappa shape index (κ1) is 15.5. The average Bonchev–Trinajstić information content (AvgIpc) is 2.82. The summed E-state index contributed by atoms with van der Waals surface area (Å²) in [6.45, 7) is 0.532. The molecule has 2 rings (SSSR count). The molecule has 20 heavy (non-hydrogen) atoms. The van der Waals surface area contributed by atoms with Crippen molar-refractivity contribution in [2.24, 2.45) is 0 Å². The third-order valence-corrected chi connectivity index (χ3v) is 4.75. The molecule has 2 aromatic rings. The summed E-state index contributed by atoms with van der Waals surface area (Å²) in [6.07, 6.45) is 2.37. The number of nitrogens with one attached hydrogen (secondary N) is 1. The van der Waals surface area contributed by atoms with E-state index in [1.165, 1.54) is 4.88 Å². The third-order valence-electron chi connectivity index (χ3n) is 2.83. The molecule has 0 radical (unpaired) electrons. The largest absolute Gasteiger partial charge is 0.352 e. The molecule has 2 nitrogen and oxygen atoms in total. The predicted octanol–water partition coefficient (Wildman–Crippen LogP) is 4.80. The fourth-order valence-corrected chi connectivity index (χ4v) is 3.58. The van der Waals surface area contributed by atoms with Gasteiger partial charge in [-0.15, -0.1) is 11.3 Å². The van der Waals surface area contributed by atoms with Crippen molar-refractivity contribution in [2.45, 2.75) is 25.8 Å². The molecule has 0 unspecified atom stereocenters. The molecule has 1 N–H and O–H groups in total. The van der Waals surface area contributed by atoms with Crippen molar-refractivity contribution in [2.75, 3.05) is 0 Å². The van der Waals surface area contributed by atoms with E-state index in [0.717, 1.165) is 22.2 Å². The Morgan fingerprint density at radius 2 is 2.15 bits per heavy atom. The van der Waals surface area contributed by atoms with Crippen LogP contribution in [0.25, 0.3) is 0 Å². The normalized spacial score (nSPS) is 10.5. The van der Waals surface area contributed by atoms with Crippen LogP contribution in [0.2, 0.25) is 5.02 Å². The summed E-state index contributed by atoms with van der Waals surface area (Å²) < 4.78 is 1.14. The van der Waals surface area contributed by atoms with Crippen LogP contribution in [0.1, 0.15) is 23.3 Å². The predicted molar refractivity (Wildman–Crippen MR) is 88.3 cm³/mol. The van der Waals surface area contributed by atoms with Gasteiger partial charge in [0.15, 0.2) is 0 Å². The Labute approximate surface area is 136 Å². The van der Waals surface area contributed by atoms with Gasteiger partial charge in [-0.3, -0.25) is 4.79 Å². The molecule has 5 heteroatoms. The van der Waals surface area contributed by atoms with Gasteiger partial charge in [0.1, 0.15) is 0 Å². The second-order valence-corrected chi connectivity index (χ2v) is 7.45. The highest BCUT2D eigenvalue weighted by molar-refractivity contribution is 9.11. The Balaban J connectivity index is 1.68. The van der Waals surface area contributed by atoms with Crippen molar-refractivity contribution in [3.63, 3.8) is 0 Å². The van der Waals surface area contributed by atoms with Crippen LogP contribution in [0, 0.1) is 0 Å². The van der Waals surface area contributed by atoms with E-state index in [4.69, 9.17) is 11.6 Å². The van der Waals surface area contributed by atoms with Crippen molar-refractivity contribution in [1.29, 1.82) is 0 Å². The van der Waals surface area contributed by atoms with Crippen molar-refractivity contribution in [1.82, 2.24) is 5.32 Å². The number of hydrogen-bond acceptors (Lipinski definition) is 2. The second kappa shape index (κ2) is 7.81. The maximum atomic E-state index is 11.7. The van der Waals surface area contributed by atoms with Gasteiger partial charge in [-0.2, -0.15) is 0 Å². The monoisotopic (exact) mass is 371 g/mol. The van der Waals surface area contributed by atoms with Crippen LogP contribution >= 0.6 is 38.9 Å². The third kappa shape index (κ3) is 5.27. The van der Waals surface area contributed by atoms with E-state index in [-0.39, 0.29) is 5.91 Å². The fraction of sp³-hybridized carbons (Fsp3) is 0.267. The van der Waals surface area contributed by atoms with E-state index in [9.17, 15) is 4.79 Å². The number of amides is 1. The summed E-state index contributed by atoms with van der Waals surface area (Å²) in [7, 11) is 0. The summed E-state index contributed by atoms with van der Waals surface area (Å²) in [5.74, 6) is 0.0839. The van der Waals surface area contributed by atoms with Gasteiger partial charge >= 0.3 is 0 Å². The number of hydrogen-bond donors (Lipinski definition) is 1. The Kier molecular flexibility index (Phi) is 6.07. The SMILES string of the molecule is O=C(CCCc1ccc(Br)s1)NCc1cccc(Cl)c1. The summed E-state index contributed by atoms with van der Waals surface area (Å²) in [4.78, 5) is 13.1. The lowest BCUT2D eigenvalue weighted by molar-refractivity contribution is -0.121.